The van der Waals surface area contributed by atoms with Gasteiger partial charge in [0.2, 0.25) is 5.91 Å². The molecule has 0 bridgehead atoms. The van der Waals surface area contributed by atoms with Crippen LogP contribution in [0, 0.1) is 0 Å². The average Bonchev–Trinajstić information content (AvgIpc) is 2.44. The zero-order chi connectivity index (χ0) is 14.3. The van der Waals surface area contributed by atoms with Gasteiger partial charge in [-0.15, -0.1) is 10.2 Å². The Morgan fingerprint density at radius 3 is 2.58 bits per heavy atom. The van der Waals surface area contributed by atoms with E-state index in [2.05, 4.69) is 26.1 Å². The van der Waals surface area contributed by atoms with E-state index in [1.54, 1.807) is 19.1 Å². The highest BCUT2D eigenvalue weighted by Crippen LogP contribution is 2.04. The van der Waals surface area contributed by atoms with E-state index in [0.29, 0.717) is 12.4 Å². The molecule has 1 unspecified atom stereocenters. The molecule has 1 aromatic rings. The van der Waals surface area contributed by atoms with Crippen molar-refractivity contribution >= 4 is 17.6 Å². The Labute approximate surface area is 112 Å². The van der Waals surface area contributed by atoms with E-state index in [1.165, 1.54) is 7.05 Å². The first-order valence-electron chi connectivity index (χ1n) is 6.18. The maximum absolute atomic E-state index is 11.6. The standard InChI is InChI=1S/C12H19N5O2/c1-4-7-14-11(18)8(2)15-10-6-5-9(16-17-10)12(19)13-3/h5-6,8H,4,7H2,1-3H3,(H,13,19)(H,14,18)(H,15,17). The van der Waals surface area contributed by atoms with Crippen LogP contribution in [0.15, 0.2) is 12.1 Å². The summed E-state index contributed by atoms with van der Waals surface area (Å²) in [5, 5.41) is 15.8. The highest BCUT2D eigenvalue weighted by Gasteiger charge is 2.13. The Bertz CT molecular complexity index is 432. The second kappa shape index (κ2) is 7.30. The zero-order valence-electron chi connectivity index (χ0n) is 11.4. The number of hydrogen-bond donors (Lipinski definition) is 3. The van der Waals surface area contributed by atoms with Crippen LogP contribution in [0.2, 0.25) is 0 Å². The molecule has 1 atom stereocenters. The topological polar surface area (TPSA) is 96.0 Å². The molecular weight excluding hydrogens is 246 g/mol. The summed E-state index contributed by atoms with van der Waals surface area (Å²) in [6.07, 6.45) is 0.888. The van der Waals surface area contributed by atoms with E-state index in [9.17, 15) is 9.59 Å². The van der Waals surface area contributed by atoms with Crippen molar-refractivity contribution in [3.8, 4) is 0 Å². The molecule has 1 rings (SSSR count). The van der Waals surface area contributed by atoms with Gasteiger partial charge in [0.05, 0.1) is 0 Å². The molecule has 0 radical (unpaired) electrons. The summed E-state index contributed by atoms with van der Waals surface area (Å²) in [6.45, 7) is 4.37. The molecule has 1 heterocycles. The first-order chi connectivity index (χ1) is 9.08. The number of hydrogen-bond acceptors (Lipinski definition) is 5. The van der Waals surface area contributed by atoms with Crippen LogP contribution >= 0.6 is 0 Å². The molecule has 0 aliphatic heterocycles. The highest BCUT2D eigenvalue weighted by atomic mass is 16.2. The van der Waals surface area contributed by atoms with Gasteiger partial charge in [0.25, 0.3) is 5.91 Å². The molecule has 0 aliphatic carbocycles. The molecular formula is C12H19N5O2. The molecule has 0 spiro atoms. The Morgan fingerprint density at radius 2 is 2.05 bits per heavy atom. The first kappa shape index (κ1) is 14.9. The number of nitrogens with one attached hydrogen (secondary N) is 3. The van der Waals surface area contributed by atoms with Crippen molar-refractivity contribution < 1.29 is 9.59 Å². The molecule has 0 aliphatic rings. The summed E-state index contributed by atoms with van der Waals surface area (Å²) in [5.41, 5.74) is 0.233. The van der Waals surface area contributed by atoms with Crippen LogP contribution in [-0.2, 0) is 4.79 Å². The van der Waals surface area contributed by atoms with Gasteiger partial charge in [0.1, 0.15) is 11.9 Å². The van der Waals surface area contributed by atoms with Gasteiger partial charge >= 0.3 is 0 Å². The molecule has 0 fully saturated rings. The third kappa shape index (κ3) is 4.53. The van der Waals surface area contributed by atoms with Gasteiger partial charge in [-0.05, 0) is 25.5 Å². The second-order valence-corrected chi connectivity index (χ2v) is 4.04. The normalized spacial score (nSPS) is 11.5. The summed E-state index contributed by atoms with van der Waals surface area (Å²) >= 11 is 0. The lowest BCUT2D eigenvalue weighted by Crippen LogP contribution is -2.38. The molecule has 0 saturated heterocycles. The number of rotatable bonds is 6. The summed E-state index contributed by atoms with van der Waals surface area (Å²) in [5.74, 6) is 0.0543. The summed E-state index contributed by atoms with van der Waals surface area (Å²) in [7, 11) is 1.52. The number of anilines is 1. The third-order valence-corrected chi connectivity index (χ3v) is 2.43. The third-order valence-electron chi connectivity index (χ3n) is 2.43. The number of amides is 2. The molecule has 7 nitrogen and oxygen atoms in total. The Kier molecular flexibility index (Phi) is 5.72. The number of aromatic nitrogens is 2. The van der Waals surface area contributed by atoms with Gasteiger partial charge < -0.3 is 16.0 Å². The maximum atomic E-state index is 11.6. The lowest BCUT2D eigenvalue weighted by molar-refractivity contribution is -0.121. The quantitative estimate of drug-likeness (QED) is 0.681. The van der Waals surface area contributed by atoms with E-state index in [0.717, 1.165) is 6.42 Å². The van der Waals surface area contributed by atoms with Gasteiger partial charge in [0, 0.05) is 13.6 Å². The van der Waals surface area contributed by atoms with E-state index >= 15 is 0 Å². The van der Waals surface area contributed by atoms with Crippen molar-refractivity contribution in [2.75, 3.05) is 18.9 Å². The van der Waals surface area contributed by atoms with E-state index in [1.807, 2.05) is 6.92 Å². The van der Waals surface area contributed by atoms with Crippen molar-refractivity contribution in [1.29, 1.82) is 0 Å². The van der Waals surface area contributed by atoms with Crippen LogP contribution in [0.4, 0.5) is 5.82 Å². The predicted molar refractivity (Wildman–Crippen MR) is 71.8 cm³/mol. The van der Waals surface area contributed by atoms with Crippen molar-refractivity contribution in [2.24, 2.45) is 0 Å². The largest absolute Gasteiger partial charge is 0.357 e. The van der Waals surface area contributed by atoms with Crippen molar-refractivity contribution in [2.45, 2.75) is 26.3 Å². The summed E-state index contributed by atoms with van der Waals surface area (Å²) < 4.78 is 0. The maximum Gasteiger partial charge on any atom is 0.271 e. The molecule has 104 valence electrons. The van der Waals surface area contributed by atoms with E-state index in [4.69, 9.17) is 0 Å². The Hall–Kier alpha value is -2.18. The molecule has 3 N–H and O–H groups in total. The molecule has 1 aromatic heterocycles. The van der Waals surface area contributed by atoms with Crippen LogP contribution < -0.4 is 16.0 Å². The smallest absolute Gasteiger partial charge is 0.271 e. The van der Waals surface area contributed by atoms with E-state index in [-0.39, 0.29) is 17.5 Å². The fourth-order valence-electron chi connectivity index (χ4n) is 1.35. The molecule has 19 heavy (non-hydrogen) atoms. The van der Waals surface area contributed by atoms with Gasteiger partial charge in [-0.3, -0.25) is 9.59 Å². The van der Waals surface area contributed by atoms with Crippen molar-refractivity contribution in [3.63, 3.8) is 0 Å². The van der Waals surface area contributed by atoms with Crippen LogP contribution in [0.25, 0.3) is 0 Å². The van der Waals surface area contributed by atoms with Crippen LogP contribution in [0.3, 0.4) is 0 Å². The lowest BCUT2D eigenvalue weighted by Gasteiger charge is -2.13. The number of carbonyl (C=O) groups is 2. The predicted octanol–water partition coefficient (Wildman–Crippen LogP) is 0.163. The zero-order valence-corrected chi connectivity index (χ0v) is 11.4. The molecule has 0 saturated carbocycles. The minimum Gasteiger partial charge on any atom is -0.357 e. The van der Waals surface area contributed by atoms with Gasteiger partial charge in [-0.2, -0.15) is 0 Å². The first-order valence-corrected chi connectivity index (χ1v) is 6.18. The lowest BCUT2D eigenvalue weighted by atomic mass is 10.3. The summed E-state index contributed by atoms with van der Waals surface area (Å²) in [4.78, 5) is 22.9. The average molecular weight is 265 g/mol. The fraction of sp³-hybridized carbons (Fsp3) is 0.500. The number of carbonyl (C=O) groups excluding carboxylic acids is 2. The van der Waals surface area contributed by atoms with Gasteiger partial charge in [0.15, 0.2) is 5.69 Å². The Morgan fingerprint density at radius 1 is 1.32 bits per heavy atom. The molecule has 7 heteroatoms. The molecule has 2 amide bonds. The summed E-state index contributed by atoms with van der Waals surface area (Å²) in [6, 6.07) is 2.75. The van der Waals surface area contributed by atoms with Gasteiger partial charge in [-0.1, -0.05) is 6.92 Å². The minimum atomic E-state index is -0.410. The van der Waals surface area contributed by atoms with Crippen LogP contribution in [0.1, 0.15) is 30.8 Å². The minimum absolute atomic E-state index is 0.0981. The monoisotopic (exact) mass is 265 g/mol. The van der Waals surface area contributed by atoms with Crippen LogP contribution in [-0.4, -0.2) is 41.6 Å². The second-order valence-electron chi connectivity index (χ2n) is 4.04. The number of nitrogens with zero attached hydrogens (tertiary/aromatic N) is 2. The van der Waals surface area contributed by atoms with Crippen LogP contribution in [0.5, 0.6) is 0 Å². The molecule has 0 aromatic carbocycles. The van der Waals surface area contributed by atoms with Gasteiger partial charge in [-0.25, -0.2) is 0 Å². The Balaban J connectivity index is 2.57. The highest BCUT2D eigenvalue weighted by molar-refractivity contribution is 5.92. The fourth-order valence-corrected chi connectivity index (χ4v) is 1.35. The van der Waals surface area contributed by atoms with E-state index < -0.39 is 6.04 Å². The van der Waals surface area contributed by atoms with Crippen molar-refractivity contribution in [3.05, 3.63) is 17.8 Å². The van der Waals surface area contributed by atoms with Crippen molar-refractivity contribution in [1.82, 2.24) is 20.8 Å². The SMILES string of the molecule is CCCNC(=O)C(C)Nc1ccc(C(=O)NC)nn1.